The fourth-order valence-electron chi connectivity index (χ4n) is 2.00. The number of rotatable bonds is 4. The highest BCUT2D eigenvalue weighted by Gasteiger charge is 2.16. The standard InChI is InChI=1S/C14H15N3O2/c1-17(9-10-4-3-7-16-8-10)13-11(14(18)19)5-2-6-12(13)15/h2-8H,9,15H2,1H3,(H,18,19). The van der Waals surface area contributed by atoms with Crippen LogP contribution >= 0.6 is 0 Å². The van der Waals surface area contributed by atoms with E-state index in [0.717, 1.165) is 5.56 Å². The van der Waals surface area contributed by atoms with Crippen LogP contribution in [0.25, 0.3) is 0 Å². The molecule has 0 amide bonds. The molecule has 1 aromatic carbocycles. The van der Waals surface area contributed by atoms with E-state index < -0.39 is 5.97 Å². The van der Waals surface area contributed by atoms with E-state index in [4.69, 9.17) is 5.73 Å². The van der Waals surface area contributed by atoms with Gasteiger partial charge in [0.25, 0.3) is 0 Å². The Morgan fingerprint density at radius 2 is 2.16 bits per heavy atom. The lowest BCUT2D eigenvalue weighted by Crippen LogP contribution is -2.21. The highest BCUT2D eigenvalue weighted by Crippen LogP contribution is 2.28. The van der Waals surface area contributed by atoms with Crippen LogP contribution < -0.4 is 10.6 Å². The second-order valence-corrected chi connectivity index (χ2v) is 4.27. The number of aromatic nitrogens is 1. The lowest BCUT2D eigenvalue weighted by molar-refractivity contribution is 0.0697. The lowest BCUT2D eigenvalue weighted by Gasteiger charge is -2.22. The number of nitrogen functional groups attached to an aromatic ring is 1. The Balaban J connectivity index is 2.33. The van der Waals surface area contributed by atoms with Gasteiger partial charge in [-0.05, 0) is 23.8 Å². The molecule has 0 aliphatic heterocycles. The smallest absolute Gasteiger partial charge is 0.337 e. The first-order valence-corrected chi connectivity index (χ1v) is 5.81. The largest absolute Gasteiger partial charge is 0.478 e. The summed E-state index contributed by atoms with van der Waals surface area (Å²) < 4.78 is 0. The molecule has 0 saturated heterocycles. The summed E-state index contributed by atoms with van der Waals surface area (Å²) >= 11 is 0. The molecule has 0 atom stereocenters. The summed E-state index contributed by atoms with van der Waals surface area (Å²) in [6.07, 6.45) is 3.44. The van der Waals surface area contributed by atoms with E-state index in [1.165, 1.54) is 0 Å². The molecule has 0 aliphatic carbocycles. The second kappa shape index (κ2) is 5.39. The number of carbonyl (C=O) groups is 1. The Kier molecular flexibility index (Phi) is 3.66. The van der Waals surface area contributed by atoms with Gasteiger partial charge in [-0.3, -0.25) is 4.98 Å². The minimum atomic E-state index is -0.986. The lowest BCUT2D eigenvalue weighted by atomic mass is 10.1. The first kappa shape index (κ1) is 12.9. The van der Waals surface area contributed by atoms with Gasteiger partial charge in [0.15, 0.2) is 0 Å². The fraction of sp³-hybridized carbons (Fsp3) is 0.143. The second-order valence-electron chi connectivity index (χ2n) is 4.27. The maximum absolute atomic E-state index is 11.2. The van der Waals surface area contributed by atoms with Crippen LogP contribution in [0, 0.1) is 0 Å². The van der Waals surface area contributed by atoms with Crippen molar-refractivity contribution in [3.8, 4) is 0 Å². The first-order chi connectivity index (χ1) is 9.09. The minimum absolute atomic E-state index is 0.200. The van der Waals surface area contributed by atoms with Gasteiger partial charge in [-0.15, -0.1) is 0 Å². The van der Waals surface area contributed by atoms with Crippen LogP contribution in [-0.2, 0) is 6.54 Å². The van der Waals surface area contributed by atoms with Gasteiger partial charge in [0.1, 0.15) is 0 Å². The van der Waals surface area contributed by atoms with E-state index in [0.29, 0.717) is 17.9 Å². The molecule has 1 heterocycles. The summed E-state index contributed by atoms with van der Waals surface area (Å²) in [5.74, 6) is -0.986. The molecule has 0 bridgehead atoms. The SMILES string of the molecule is CN(Cc1cccnc1)c1c(N)cccc1C(=O)O. The molecule has 0 saturated carbocycles. The molecule has 0 radical (unpaired) electrons. The number of aromatic carboxylic acids is 1. The number of anilines is 2. The molecule has 2 rings (SSSR count). The monoisotopic (exact) mass is 257 g/mol. The van der Waals surface area contributed by atoms with E-state index in [1.54, 1.807) is 30.6 Å². The zero-order valence-electron chi connectivity index (χ0n) is 10.6. The van der Waals surface area contributed by atoms with Crippen molar-refractivity contribution in [2.45, 2.75) is 6.54 Å². The molecular weight excluding hydrogens is 242 g/mol. The summed E-state index contributed by atoms with van der Waals surface area (Å²) in [5, 5.41) is 9.21. The minimum Gasteiger partial charge on any atom is -0.478 e. The fourth-order valence-corrected chi connectivity index (χ4v) is 2.00. The van der Waals surface area contributed by atoms with E-state index in [2.05, 4.69) is 4.98 Å². The summed E-state index contributed by atoms with van der Waals surface area (Å²) in [6, 6.07) is 8.66. The van der Waals surface area contributed by atoms with Crippen molar-refractivity contribution in [1.29, 1.82) is 0 Å². The number of benzene rings is 1. The Labute approximate surface area is 111 Å². The Hall–Kier alpha value is -2.56. The molecule has 0 spiro atoms. The van der Waals surface area contributed by atoms with Crippen molar-refractivity contribution in [2.75, 3.05) is 17.7 Å². The van der Waals surface area contributed by atoms with Crippen molar-refractivity contribution < 1.29 is 9.90 Å². The van der Waals surface area contributed by atoms with E-state index in [1.807, 2.05) is 24.1 Å². The molecule has 5 heteroatoms. The van der Waals surface area contributed by atoms with Crippen LogP contribution in [-0.4, -0.2) is 23.1 Å². The number of carboxylic acids is 1. The maximum atomic E-state index is 11.2. The predicted octanol–water partition coefficient (Wildman–Crippen LogP) is 2.00. The highest BCUT2D eigenvalue weighted by atomic mass is 16.4. The van der Waals surface area contributed by atoms with Crippen LogP contribution in [0.5, 0.6) is 0 Å². The summed E-state index contributed by atoms with van der Waals surface area (Å²) in [5.41, 5.74) is 8.06. The number of nitrogens with zero attached hydrogens (tertiary/aromatic N) is 2. The molecule has 19 heavy (non-hydrogen) atoms. The molecule has 5 nitrogen and oxygen atoms in total. The van der Waals surface area contributed by atoms with E-state index in [-0.39, 0.29) is 5.56 Å². The molecular formula is C14H15N3O2. The zero-order valence-corrected chi connectivity index (χ0v) is 10.6. The topological polar surface area (TPSA) is 79.5 Å². The van der Waals surface area contributed by atoms with E-state index in [9.17, 15) is 9.90 Å². The normalized spacial score (nSPS) is 10.2. The van der Waals surface area contributed by atoms with Gasteiger partial charge in [-0.1, -0.05) is 12.1 Å². The van der Waals surface area contributed by atoms with Gasteiger partial charge in [-0.25, -0.2) is 4.79 Å². The third-order valence-corrected chi connectivity index (χ3v) is 2.82. The van der Waals surface area contributed by atoms with Crippen molar-refractivity contribution >= 4 is 17.3 Å². The zero-order chi connectivity index (χ0) is 13.8. The molecule has 0 fully saturated rings. The van der Waals surface area contributed by atoms with Gasteiger partial charge in [0.2, 0.25) is 0 Å². The van der Waals surface area contributed by atoms with Crippen molar-refractivity contribution in [3.63, 3.8) is 0 Å². The van der Waals surface area contributed by atoms with Crippen LogP contribution in [0.3, 0.4) is 0 Å². The van der Waals surface area contributed by atoms with Crippen molar-refractivity contribution in [1.82, 2.24) is 4.98 Å². The Bertz CT molecular complexity index is 584. The summed E-state index contributed by atoms with van der Waals surface area (Å²) in [6.45, 7) is 0.544. The van der Waals surface area contributed by atoms with Gasteiger partial charge in [0, 0.05) is 26.0 Å². The molecule has 0 unspecified atom stereocenters. The maximum Gasteiger partial charge on any atom is 0.337 e. The van der Waals surface area contributed by atoms with Gasteiger partial charge in [0.05, 0.1) is 16.9 Å². The van der Waals surface area contributed by atoms with Crippen molar-refractivity contribution in [2.24, 2.45) is 0 Å². The molecule has 98 valence electrons. The molecule has 0 aliphatic rings. The predicted molar refractivity (Wildman–Crippen MR) is 74.2 cm³/mol. The third-order valence-electron chi connectivity index (χ3n) is 2.82. The summed E-state index contributed by atoms with van der Waals surface area (Å²) in [7, 11) is 1.81. The van der Waals surface area contributed by atoms with Crippen LogP contribution in [0.1, 0.15) is 15.9 Å². The Morgan fingerprint density at radius 1 is 1.37 bits per heavy atom. The number of nitrogens with two attached hydrogens (primary N) is 1. The van der Waals surface area contributed by atoms with Crippen molar-refractivity contribution in [3.05, 3.63) is 53.9 Å². The van der Waals surface area contributed by atoms with Gasteiger partial charge >= 0.3 is 5.97 Å². The van der Waals surface area contributed by atoms with Crippen LogP contribution in [0.4, 0.5) is 11.4 Å². The quantitative estimate of drug-likeness (QED) is 0.819. The van der Waals surface area contributed by atoms with Gasteiger partial charge < -0.3 is 15.7 Å². The highest BCUT2D eigenvalue weighted by molar-refractivity contribution is 5.97. The average Bonchev–Trinajstić information content (AvgIpc) is 2.39. The van der Waals surface area contributed by atoms with Crippen LogP contribution in [0.15, 0.2) is 42.7 Å². The summed E-state index contributed by atoms with van der Waals surface area (Å²) in [4.78, 5) is 17.1. The number of hydrogen-bond donors (Lipinski definition) is 2. The van der Waals surface area contributed by atoms with Crippen LogP contribution in [0.2, 0.25) is 0 Å². The third kappa shape index (κ3) is 2.82. The molecule has 3 N–H and O–H groups in total. The number of carboxylic acid groups (broad SMARTS) is 1. The Morgan fingerprint density at radius 3 is 2.79 bits per heavy atom. The number of para-hydroxylation sites is 1. The first-order valence-electron chi connectivity index (χ1n) is 5.81. The number of hydrogen-bond acceptors (Lipinski definition) is 4. The van der Waals surface area contributed by atoms with E-state index >= 15 is 0 Å². The molecule has 1 aromatic heterocycles. The average molecular weight is 257 g/mol. The van der Waals surface area contributed by atoms with Gasteiger partial charge in [-0.2, -0.15) is 0 Å². The molecule has 2 aromatic rings. The number of pyridine rings is 1.